The van der Waals surface area contributed by atoms with Gasteiger partial charge in [0.2, 0.25) is 0 Å². The molecule has 0 fully saturated rings. The monoisotopic (exact) mass is 225 g/mol. The first kappa shape index (κ1) is 14.8. The molecule has 0 heterocycles. The van der Waals surface area contributed by atoms with Gasteiger partial charge in [-0.15, -0.1) is 0 Å². The average molecular weight is 225 g/mol. The van der Waals surface area contributed by atoms with E-state index in [1.165, 1.54) is 0 Å². The molecule has 0 unspecified atom stereocenters. The molecule has 0 saturated heterocycles. The lowest BCUT2D eigenvalue weighted by Crippen LogP contribution is -2.34. The van der Waals surface area contributed by atoms with Crippen molar-refractivity contribution in [2.75, 3.05) is 6.54 Å². The first-order chi connectivity index (χ1) is 7.26. The molecule has 0 aromatic heterocycles. The average Bonchev–Trinajstić information content (AvgIpc) is 2.08. The van der Waals surface area contributed by atoms with Gasteiger partial charge < -0.3 is 10.1 Å². The summed E-state index contributed by atoms with van der Waals surface area (Å²) in [5.74, 6) is 0.382. The van der Waals surface area contributed by atoms with E-state index in [0.717, 1.165) is 5.57 Å². The van der Waals surface area contributed by atoms with Crippen LogP contribution in [0.1, 0.15) is 34.6 Å². The van der Waals surface area contributed by atoms with Gasteiger partial charge in [0, 0.05) is 6.54 Å². The molecule has 1 amide bonds. The maximum atomic E-state index is 11.4. The number of carbonyl (C=O) groups excluding carboxylic acids is 1. The maximum absolute atomic E-state index is 11.4. The summed E-state index contributed by atoms with van der Waals surface area (Å²) >= 11 is 0. The van der Waals surface area contributed by atoms with Crippen molar-refractivity contribution >= 4 is 6.09 Å². The van der Waals surface area contributed by atoms with Crippen LogP contribution in [-0.4, -0.2) is 18.2 Å². The number of hydrogen-bond acceptors (Lipinski definition) is 2. The summed E-state index contributed by atoms with van der Waals surface area (Å²) in [7, 11) is 0. The molecule has 0 aromatic carbocycles. The smallest absolute Gasteiger partial charge is 0.407 e. The topological polar surface area (TPSA) is 38.3 Å². The lowest BCUT2D eigenvalue weighted by molar-refractivity contribution is 0.0532. The van der Waals surface area contributed by atoms with E-state index in [1.807, 2.05) is 26.8 Å². The highest BCUT2D eigenvalue weighted by Gasteiger charge is 2.16. The second-order valence-corrected chi connectivity index (χ2v) is 4.99. The first-order valence-corrected chi connectivity index (χ1v) is 5.54. The Labute approximate surface area is 98.6 Å². The van der Waals surface area contributed by atoms with Gasteiger partial charge in [0.1, 0.15) is 5.60 Å². The van der Waals surface area contributed by atoms with Gasteiger partial charge >= 0.3 is 6.09 Å². The SMILES string of the molecule is C=C/C=C(\CNC(=O)OC(C)(C)C)C(C)C. The van der Waals surface area contributed by atoms with Crippen molar-refractivity contribution in [2.24, 2.45) is 5.92 Å². The summed E-state index contributed by atoms with van der Waals surface area (Å²) < 4.78 is 5.14. The molecule has 0 saturated carbocycles. The van der Waals surface area contributed by atoms with Crippen molar-refractivity contribution in [3.63, 3.8) is 0 Å². The van der Waals surface area contributed by atoms with E-state index in [0.29, 0.717) is 12.5 Å². The molecule has 0 aromatic rings. The van der Waals surface area contributed by atoms with E-state index in [-0.39, 0.29) is 6.09 Å². The summed E-state index contributed by atoms with van der Waals surface area (Å²) in [4.78, 5) is 11.4. The minimum absolute atomic E-state index is 0.382. The highest BCUT2D eigenvalue weighted by Crippen LogP contribution is 2.10. The van der Waals surface area contributed by atoms with Crippen LogP contribution in [0.3, 0.4) is 0 Å². The molecule has 0 bridgehead atoms. The number of amides is 1. The Morgan fingerprint density at radius 2 is 2.00 bits per heavy atom. The summed E-state index contributed by atoms with van der Waals surface area (Å²) in [6, 6.07) is 0. The molecule has 1 N–H and O–H groups in total. The Kier molecular flexibility index (Phi) is 5.86. The van der Waals surface area contributed by atoms with Crippen LogP contribution < -0.4 is 5.32 Å². The van der Waals surface area contributed by atoms with Crippen LogP contribution in [0.4, 0.5) is 4.79 Å². The second-order valence-electron chi connectivity index (χ2n) is 4.99. The van der Waals surface area contributed by atoms with Crippen molar-refractivity contribution in [2.45, 2.75) is 40.2 Å². The van der Waals surface area contributed by atoms with Crippen LogP contribution >= 0.6 is 0 Å². The summed E-state index contributed by atoms with van der Waals surface area (Å²) in [5, 5.41) is 2.73. The Morgan fingerprint density at radius 1 is 1.44 bits per heavy atom. The van der Waals surface area contributed by atoms with Crippen LogP contribution in [0.5, 0.6) is 0 Å². The molecule has 0 spiro atoms. The molecular formula is C13H23NO2. The van der Waals surface area contributed by atoms with E-state index in [1.54, 1.807) is 6.08 Å². The molecular weight excluding hydrogens is 202 g/mol. The van der Waals surface area contributed by atoms with Gasteiger partial charge in [-0.1, -0.05) is 32.6 Å². The van der Waals surface area contributed by atoms with E-state index < -0.39 is 5.60 Å². The number of ether oxygens (including phenoxy) is 1. The van der Waals surface area contributed by atoms with Gasteiger partial charge in [0.05, 0.1) is 0 Å². The molecule has 0 aliphatic rings. The van der Waals surface area contributed by atoms with E-state index in [4.69, 9.17) is 4.74 Å². The minimum Gasteiger partial charge on any atom is -0.444 e. The zero-order valence-electron chi connectivity index (χ0n) is 11.0. The van der Waals surface area contributed by atoms with E-state index >= 15 is 0 Å². The lowest BCUT2D eigenvalue weighted by Gasteiger charge is -2.20. The number of hydrogen-bond donors (Lipinski definition) is 1. The Morgan fingerprint density at radius 3 is 2.38 bits per heavy atom. The lowest BCUT2D eigenvalue weighted by atomic mass is 10.0. The summed E-state index contributed by atoms with van der Waals surface area (Å²) in [6.45, 7) is 13.8. The van der Waals surface area contributed by atoms with Gasteiger partial charge in [0.25, 0.3) is 0 Å². The molecule has 0 aliphatic heterocycles. The van der Waals surface area contributed by atoms with E-state index in [2.05, 4.69) is 25.7 Å². The fourth-order valence-corrected chi connectivity index (χ4v) is 1.10. The molecule has 92 valence electrons. The Bertz CT molecular complexity index is 272. The molecule has 0 rings (SSSR count). The molecule has 3 nitrogen and oxygen atoms in total. The second kappa shape index (κ2) is 6.36. The summed E-state index contributed by atoms with van der Waals surface area (Å²) in [6.07, 6.45) is 3.26. The number of nitrogens with one attached hydrogen (secondary N) is 1. The van der Waals surface area contributed by atoms with Gasteiger partial charge in [-0.3, -0.25) is 0 Å². The van der Waals surface area contributed by atoms with Gasteiger partial charge in [-0.2, -0.15) is 0 Å². The number of rotatable bonds is 4. The van der Waals surface area contributed by atoms with Crippen molar-refractivity contribution in [1.29, 1.82) is 0 Å². The first-order valence-electron chi connectivity index (χ1n) is 5.54. The highest BCUT2D eigenvalue weighted by molar-refractivity contribution is 5.68. The Balaban J connectivity index is 4.18. The minimum atomic E-state index is -0.454. The quantitative estimate of drug-likeness (QED) is 0.746. The maximum Gasteiger partial charge on any atom is 0.407 e. The zero-order valence-corrected chi connectivity index (χ0v) is 11.0. The number of carbonyl (C=O) groups is 1. The van der Waals surface area contributed by atoms with Crippen molar-refractivity contribution < 1.29 is 9.53 Å². The van der Waals surface area contributed by atoms with Crippen molar-refractivity contribution in [3.8, 4) is 0 Å². The molecule has 3 heteroatoms. The van der Waals surface area contributed by atoms with Gasteiger partial charge in [-0.25, -0.2) is 4.79 Å². The Hall–Kier alpha value is -1.25. The fourth-order valence-electron chi connectivity index (χ4n) is 1.10. The van der Waals surface area contributed by atoms with Gasteiger partial charge in [0.15, 0.2) is 0 Å². The van der Waals surface area contributed by atoms with Crippen molar-refractivity contribution in [3.05, 3.63) is 24.3 Å². The predicted octanol–water partition coefficient (Wildman–Crippen LogP) is 3.28. The van der Waals surface area contributed by atoms with Crippen molar-refractivity contribution in [1.82, 2.24) is 5.32 Å². The molecule has 0 aliphatic carbocycles. The third-order valence-electron chi connectivity index (χ3n) is 1.91. The predicted molar refractivity (Wildman–Crippen MR) is 67.4 cm³/mol. The molecule has 16 heavy (non-hydrogen) atoms. The summed E-state index contributed by atoms with van der Waals surface area (Å²) in [5.41, 5.74) is 0.672. The largest absolute Gasteiger partial charge is 0.444 e. The number of allylic oxidation sites excluding steroid dienone is 2. The molecule has 0 radical (unpaired) electrons. The van der Waals surface area contributed by atoms with E-state index in [9.17, 15) is 4.79 Å². The van der Waals surface area contributed by atoms with Crippen LogP contribution in [-0.2, 0) is 4.74 Å². The molecule has 0 atom stereocenters. The van der Waals surface area contributed by atoms with Crippen LogP contribution in [0.15, 0.2) is 24.3 Å². The fraction of sp³-hybridized carbons (Fsp3) is 0.615. The zero-order chi connectivity index (χ0) is 12.8. The van der Waals surface area contributed by atoms with Crippen LogP contribution in [0, 0.1) is 5.92 Å². The highest BCUT2D eigenvalue weighted by atomic mass is 16.6. The number of alkyl carbamates (subject to hydrolysis) is 1. The van der Waals surface area contributed by atoms with Crippen LogP contribution in [0.2, 0.25) is 0 Å². The third kappa shape index (κ3) is 7.10. The normalized spacial score (nSPS) is 12.5. The third-order valence-corrected chi connectivity index (χ3v) is 1.91. The standard InChI is InChI=1S/C13H23NO2/c1-7-8-11(10(2)3)9-14-12(15)16-13(4,5)6/h7-8,10H,1,9H2,2-6H3,(H,14,15)/b11-8+. The van der Waals surface area contributed by atoms with Crippen LogP contribution in [0.25, 0.3) is 0 Å². The van der Waals surface area contributed by atoms with Gasteiger partial charge in [-0.05, 0) is 32.3 Å².